The number of nitrogens with one attached hydrogen (secondary N) is 1. The van der Waals surface area contributed by atoms with Gasteiger partial charge < -0.3 is 15.0 Å². The molecule has 0 aliphatic carbocycles. The number of piperazine rings is 1. The van der Waals surface area contributed by atoms with Crippen LogP contribution < -0.4 is 15.0 Å². The van der Waals surface area contributed by atoms with E-state index in [-0.39, 0.29) is 12.5 Å². The number of carbonyl (C=O) groups is 1. The molecule has 1 saturated heterocycles. The summed E-state index contributed by atoms with van der Waals surface area (Å²) in [5, 5.41) is 2.93. The number of aryl methyl sites for hydroxylation is 1. The smallest absolute Gasteiger partial charge is 0.257 e. The second-order valence-corrected chi connectivity index (χ2v) is 8.03. The fraction of sp³-hybridized carbons (Fsp3) is 0.409. The van der Waals surface area contributed by atoms with E-state index < -0.39 is 0 Å². The lowest BCUT2D eigenvalue weighted by Crippen LogP contribution is -2.47. The fourth-order valence-electron chi connectivity index (χ4n) is 3.32. The first-order chi connectivity index (χ1) is 13.6. The molecule has 150 valence electrons. The summed E-state index contributed by atoms with van der Waals surface area (Å²) in [4.78, 5) is 16.8. The summed E-state index contributed by atoms with van der Waals surface area (Å²) in [5.74, 6) is 0.622. The van der Waals surface area contributed by atoms with Crippen molar-refractivity contribution in [2.75, 3.05) is 50.8 Å². The Morgan fingerprint density at radius 3 is 2.57 bits per heavy atom. The summed E-state index contributed by atoms with van der Waals surface area (Å²) in [6, 6.07) is 16.2. The summed E-state index contributed by atoms with van der Waals surface area (Å²) in [5.41, 5.74) is 2.62. The Kier molecular flexibility index (Phi) is 7.74. The molecule has 0 saturated carbocycles. The lowest BCUT2D eigenvalue weighted by molar-refractivity contribution is -0.123. The molecular weight excluding hydrogens is 418 g/mol. The fourth-order valence-corrected chi connectivity index (χ4v) is 3.58. The lowest BCUT2D eigenvalue weighted by Gasteiger charge is -2.36. The van der Waals surface area contributed by atoms with Crippen LogP contribution in [-0.2, 0) is 4.79 Å². The number of hydrogen-bond donors (Lipinski definition) is 1. The summed E-state index contributed by atoms with van der Waals surface area (Å²) in [6.45, 7) is 8.11. The number of halogens is 1. The van der Waals surface area contributed by atoms with E-state index in [2.05, 4.69) is 62.2 Å². The number of rotatable bonds is 8. The van der Waals surface area contributed by atoms with Gasteiger partial charge in [0.05, 0.1) is 0 Å². The van der Waals surface area contributed by atoms with E-state index in [1.54, 1.807) is 0 Å². The maximum atomic E-state index is 11.9. The molecule has 1 amide bonds. The molecule has 0 unspecified atom stereocenters. The van der Waals surface area contributed by atoms with E-state index in [1.807, 2.05) is 24.3 Å². The molecule has 2 aromatic rings. The summed E-state index contributed by atoms with van der Waals surface area (Å²) in [6.07, 6.45) is 0.953. The molecule has 1 aliphatic rings. The molecular formula is C22H28BrN3O2. The number of anilines is 1. The Balaban J connectivity index is 1.27. The van der Waals surface area contributed by atoms with Gasteiger partial charge in [0.15, 0.2) is 6.61 Å². The minimum absolute atomic E-state index is 0.0524. The number of carbonyl (C=O) groups excluding carboxylic acids is 1. The molecule has 0 aromatic heterocycles. The van der Waals surface area contributed by atoms with Crippen molar-refractivity contribution in [2.24, 2.45) is 0 Å². The van der Waals surface area contributed by atoms with Gasteiger partial charge in [-0.05, 0) is 61.9 Å². The average Bonchev–Trinajstić information content (AvgIpc) is 2.71. The number of ether oxygens (including phenoxy) is 1. The van der Waals surface area contributed by atoms with Crippen LogP contribution in [0.5, 0.6) is 5.75 Å². The van der Waals surface area contributed by atoms with E-state index in [0.29, 0.717) is 12.3 Å². The monoisotopic (exact) mass is 445 g/mol. The third-order valence-corrected chi connectivity index (χ3v) is 5.42. The van der Waals surface area contributed by atoms with Gasteiger partial charge in [-0.15, -0.1) is 0 Å². The standard InChI is InChI=1S/C22H28BrN3O2/c1-18-4-2-5-20(16-18)26-14-12-25(13-15-26)11-3-10-24-22(27)17-28-21-8-6-19(23)7-9-21/h2,4-9,16H,3,10-15,17H2,1H3,(H,24,27). The normalized spacial score (nSPS) is 14.7. The molecule has 1 aliphatic heterocycles. The van der Waals surface area contributed by atoms with Crippen LogP contribution in [0.3, 0.4) is 0 Å². The topological polar surface area (TPSA) is 44.8 Å². The van der Waals surface area contributed by atoms with Crippen LogP contribution in [-0.4, -0.2) is 56.7 Å². The first-order valence-corrected chi connectivity index (χ1v) is 10.6. The Morgan fingerprint density at radius 2 is 1.86 bits per heavy atom. The number of hydrogen-bond acceptors (Lipinski definition) is 4. The van der Waals surface area contributed by atoms with E-state index in [1.165, 1.54) is 11.3 Å². The highest BCUT2D eigenvalue weighted by molar-refractivity contribution is 9.10. The molecule has 6 heteroatoms. The maximum Gasteiger partial charge on any atom is 0.257 e. The van der Waals surface area contributed by atoms with Crippen molar-refractivity contribution >= 4 is 27.5 Å². The van der Waals surface area contributed by atoms with Crippen LogP contribution in [0.25, 0.3) is 0 Å². The number of benzene rings is 2. The minimum Gasteiger partial charge on any atom is -0.484 e. The van der Waals surface area contributed by atoms with Crippen LogP contribution >= 0.6 is 15.9 Å². The van der Waals surface area contributed by atoms with Gasteiger partial charge in [-0.1, -0.05) is 28.1 Å². The van der Waals surface area contributed by atoms with Gasteiger partial charge in [-0.25, -0.2) is 0 Å². The van der Waals surface area contributed by atoms with Crippen LogP contribution in [0.2, 0.25) is 0 Å². The van der Waals surface area contributed by atoms with Gasteiger partial charge in [0.25, 0.3) is 5.91 Å². The van der Waals surface area contributed by atoms with Crippen molar-refractivity contribution in [2.45, 2.75) is 13.3 Å². The number of nitrogens with zero attached hydrogens (tertiary/aromatic N) is 2. The van der Waals surface area contributed by atoms with Crippen molar-refractivity contribution < 1.29 is 9.53 Å². The van der Waals surface area contributed by atoms with Crippen LogP contribution in [0.1, 0.15) is 12.0 Å². The molecule has 0 atom stereocenters. The zero-order valence-electron chi connectivity index (χ0n) is 16.4. The van der Waals surface area contributed by atoms with Crippen molar-refractivity contribution in [3.63, 3.8) is 0 Å². The predicted octanol–water partition coefficient (Wildman–Crippen LogP) is 3.46. The van der Waals surface area contributed by atoms with E-state index in [0.717, 1.165) is 43.6 Å². The Morgan fingerprint density at radius 1 is 1.11 bits per heavy atom. The SMILES string of the molecule is Cc1cccc(N2CCN(CCCNC(=O)COc3ccc(Br)cc3)CC2)c1. The third kappa shape index (κ3) is 6.53. The van der Waals surface area contributed by atoms with Crippen molar-refractivity contribution in [1.82, 2.24) is 10.2 Å². The summed E-state index contributed by atoms with van der Waals surface area (Å²) >= 11 is 3.38. The van der Waals surface area contributed by atoms with Gasteiger partial charge in [-0.2, -0.15) is 0 Å². The second-order valence-electron chi connectivity index (χ2n) is 7.11. The Hall–Kier alpha value is -2.05. The highest BCUT2D eigenvalue weighted by atomic mass is 79.9. The molecule has 1 N–H and O–H groups in total. The van der Waals surface area contributed by atoms with Crippen LogP contribution in [0.4, 0.5) is 5.69 Å². The Bertz CT molecular complexity index is 759. The third-order valence-electron chi connectivity index (χ3n) is 4.90. The van der Waals surface area contributed by atoms with Crippen LogP contribution in [0, 0.1) is 6.92 Å². The number of amides is 1. The van der Waals surface area contributed by atoms with Crippen LogP contribution in [0.15, 0.2) is 53.0 Å². The molecule has 0 spiro atoms. The summed E-state index contributed by atoms with van der Waals surface area (Å²) in [7, 11) is 0. The zero-order chi connectivity index (χ0) is 19.8. The minimum atomic E-state index is -0.0767. The maximum absolute atomic E-state index is 11.9. The van der Waals surface area contributed by atoms with Gasteiger partial charge in [0.2, 0.25) is 0 Å². The molecule has 0 bridgehead atoms. The van der Waals surface area contributed by atoms with E-state index >= 15 is 0 Å². The zero-order valence-corrected chi connectivity index (χ0v) is 18.0. The van der Waals surface area contributed by atoms with Crippen molar-refractivity contribution in [3.8, 4) is 5.75 Å². The quantitative estimate of drug-likeness (QED) is 0.631. The van der Waals surface area contributed by atoms with Crippen molar-refractivity contribution in [1.29, 1.82) is 0 Å². The second kappa shape index (κ2) is 10.5. The first-order valence-electron chi connectivity index (χ1n) is 9.79. The molecule has 5 nitrogen and oxygen atoms in total. The van der Waals surface area contributed by atoms with E-state index in [4.69, 9.17) is 4.74 Å². The van der Waals surface area contributed by atoms with Gasteiger partial charge >= 0.3 is 0 Å². The highest BCUT2D eigenvalue weighted by Crippen LogP contribution is 2.18. The lowest BCUT2D eigenvalue weighted by atomic mass is 10.2. The molecule has 0 radical (unpaired) electrons. The average molecular weight is 446 g/mol. The predicted molar refractivity (Wildman–Crippen MR) is 117 cm³/mol. The molecule has 2 aromatic carbocycles. The Labute approximate surface area is 175 Å². The molecule has 28 heavy (non-hydrogen) atoms. The molecule has 1 heterocycles. The molecule has 3 rings (SSSR count). The highest BCUT2D eigenvalue weighted by Gasteiger charge is 2.16. The first kappa shape index (κ1) is 20.7. The summed E-state index contributed by atoms with van der Waals surface area (Å²) < 4.78 is 6.47. The van der Waals surface area contributed by atoms with Gasteiger partial charge in [0.1, 0.15) is 5.75 Å². The van der Waals surface area contributed by atoms with Crippen molar-refractivity contribution in [3.05, 3.63) is 58.6 Å². The van der Waals surface area contributed by atoms with E-state index in [9.17, 15) is 4.79 Å². The molecule has 1 fully saturated rings. The largest absolute Gasteiger partial charge is 0.484 e. The van der Waals surface area contributed by atoms with Gasteiger partial charge in [0, 0.05) is 42.9 Å². The van der Waals surface area contributed by atoms with Gasteiger partial charge in [-0.3, -0.25) is 9.69 Å².